The lowest BCUT2D eigenvalue weighted by molar-refractivity contribution is -0.384. The van der Waals surface area contributed by atoms with E-state index in [0.717, 1.165) is 17.9 Å². The minimum atomic E-state index is -0.459. The molecule has 0 bridgehead atoms. The molecule has 2 rings (SSSR count). The zero-order valence-electron chi connectivity index (χ0n) is 13.1. The van der Waals surface area contributed by atoms with Gasteiger partial charge in [0.15, 0.2) is 0 Å². The number of aliphatic hydroxyl groups excluding tert-OH is 1. The van der Waals surface area contributed by atoms with Crippen molar-refractivity contribution in [3.05, 3.63) is 58.6 Å². The Balaban J connectivity index is 0.000000238. The van der Waals surface area contributed by atoms with Crippen LogP contribution in [0.4, 0.5) is 22.7 Å². The number of hydrogen-bond donors (Lipinski definition) is 3. The van der Waals surface area contributed by atoms with E-state index in [1.54, 1.807) is 0 Å². The van der Waals surface area contributed by atoms with E-state index in [0.29, 0.717) is 12.2 Å². The number of nitro benzene ring substituents is 1. The van der Waals surface area contributed by atoms with E-state index < -0.39 is 4.92 Å². The molecule has 0 fully saturated rings. The fourth-order valence-electron chi connectivity index (χ4n) is 1.87. The number of nitrogens with zero attached hydrogens (tertiary/aromatic N) is 2. The standard InChI is InChI=1S/C10H16N2O.C6H6N2O2/c1-2-12(7-8-13)10-5-3-9(11)4-6-10;7-5-1-3-6(4-2-5)8(9)10/h3-6,13H,2,7-8,11H2,1H3;1-4H,7H2. The van der Waals surface area contributed by atoms with Crippen molar-refractivity contribution < 1.29 is 10.0 Å². The number of nitrogens with two attached hydrogens (primary N) is 2. The summed E-state index contributed by atoms with van der Waals surface area (Å²) in [7, 11) is 0. The number of hydrogen-bond acceptors (Lipinski definition) is 6. The summed E-state index contributed by atoms with van der Waals surface area (Å²) in [4.78, 5) is 11.7. The van der Waals surface area contributed by atoms with Crippen LogP contribution in [-0.2, 0) is 0 Å². The molecule has 0 unspecified atom stereocenters. The third kappa shape index (κ3) is 6.23. The molecule has 7 heteroatoms. The molecular formula is C16H22N4O3. The van der Waals surface area contributed by atoms with E-state index in [4.69, 9.17) is 16.6 Å². The van der Waals surface area contributed by atoms with Crippen LogP contribution >= 0.6 is 0 Å². The molecule has 0 radical (unpaired) electrons. The average molecular weight is 318 g/mol. The average Bonchev–Trinajstić information content (AvgIpc) is 2.54. The van der Waals surface area contributed by atoms with Gasteiger partial charge >= 0.3 is 0 Å². The van der Waals surface area contributed by atoms with E-state index in [-0.39, 0.29) is 12.3 Å². The molecule has 0 aromatic heterocycles. The predicted molar refractivity (Wildman–Crippen MR) is 93.3 cm³/mol. The second-order valence-corrected chi connectivity index (χ2v) is 4.74. The Morgan fingerprint density at radius 2 is 1.52 bits per heavy atom. The first-order valence-electron chi connectivity index (χ1n) is 7.19. The second kappa shape index (κ2) is 9.26. The maximum absolute atomic E-state index is 10.1. The monoisotopic (exact) mass is 318 g/mol. The summed E-state index contributed by atoms with van der Waals surface area (Å²) in [6, 6.07) is 13.4. The van der Waals surface area contributed by atoms with Gasteiger partial charge in [0.05, 0.1) is 11.5 Å². The van der Waals surface area contributed by atoms with Crippen molar-refractivity contribution in [1.82, 2.24) is 0 Å². The summed E-state index contributed by atoms with van der Waals surface area (Å²) in [6.45, 7) is 3.80. The highest BCUT2D eigenvalue weighted by Crippen LogP contribution is 2.15. The highest BCUT2D eigenvalue weighted by Gasteiger charge is 2.02. The molecular weight excluding hydrogens is 296 g/mol. The molecule has 23 heavy (non-hydrogen) atoms. The van der Waals surface area contributed by atoms with E-state index in [1.165, 1.54) is 24.3 Å². The van der Waals surface area contributed by atoms with E-state index in [9.17, 15) is 10.1 Å². The smallest absolute Gasteiger partial charge is 0.269 e. The number of likely N-dealkylation sites (N-methyl/N-ethyl adjacent to an activating group) is 1. The zero-order chi connectivity index (χ0) is 17.2. The van der Waals surface area contributed by atoms with Crippen LogP contribution in [0, 0.1) is 10.1 Å². The number of nitro groups is 1. The van der Waals surface area contributed by atoms with Crippen LogP contribution in [0.25, 0.3) is 0 Å². The maximum atomic E-state index is 10.1. The first-order chi connectivity index (χ1) is 11.0. The number of benzene rings is 2. The van der Waals surface area contributed by atoms with Crippen LogP contribution in [-0.4, -0.2) is 29.7 Å². The molecule has 2 aromatic carbocycles. The summed E-state index contributed by atoms with van der Waals surface area (Å²) in [5.41, 5.74) is 13.3. The van der Waals surface area contributed by atoms with Gasteiger partial charge in [-0.25, -0.2) is 0 Å². The van der Waals surface area contributed by atoms with Crippen molar-refractivity contribution in [2.75, 3.05) is 36.1 Å². The van der Waals surface area contributed by atoms with Crippen molar-refractivity contribution in [3.8, 4) is 0 Å². The lowest BCUT2D eigenvalue weighted by Gasteiger charge is -2.21. The van der Waals surface area contributed by atoms with Gasteiger partial charge in [-0.15, -0.1) is 0 Å². The Kier molecular flexibility index (Phi) is 7.35. The van der Waals surface area contributed by atoms with Crippen molar-refractivity contribution >= 4 is 22.7 Å². The van der Waals surface area contributed by atoms with E-state index in [1.807, 2.05) is 24.3 Å². The van der Waals surface area contributed by atoms with Crippen molar-refractivity contribution in [2.24, 2.45) is 0 Å². The summed E-state index contributed by atoms with van der Waals surface area (Å²) >= 11 is 0. The maximum Gasteiger partial charge on any atom is 0.269 e. The highest BCUT2D eigenvalue weighted by molar-refractivity contribution is 5.53. The molecule has 0 saturated carbocycles. The van der Waals surface area contributed by atoms with Crippen molar-refractivity contribution in [1.29, 1.82) is 0 Å². The first-order valence-corrected chi connectivity index (χ1v) is 7.19. The van der Waals surface area contributed by atoms with Crippen LogP contribution in [0.2, 0.25) is 0 Å². The van der Waals surface area contributed by atoms with Gasteiger partial charge in [0.25, 0.3) is 5.69 Å². The number of aliphatic hydroxyl groups is 1. The van der Waals surface area contributed by atoms with Gasteiger partial charge in [-0.05, 0) is 43.3 Å². The normalized spacial score (nSPS) is 9.65. The molecule has 124 valence electrons. The van der Waals surface area contributed by atoms with Gasteiger partial charge in [0, 0.05) is 42.3 Å². The molecule has 0 atom stereocenters. The Morgan fingerprint density at radius 1 is 1.04 bits per heavy atom. The molecule has 0 aliphatic carbocycles. The summed E-state index contributed by atoms with van der Waals surface area (Å²) in [5.74, 6) is 0. The SMILES string of the molecule is CCN(CCO)c1ccc(N)cc1.Nc1ccc([N+](=O)[O-])cc1. The molecule has 0 heterocycles. The fraction of sp³-hybridized carbons (Fsp3) is 0.250. The van der Waals surface area contributed by atoms with E-state index >= 15 is 0 Å². The number of rotatable bonds is 5. The Bertz CT molecular complexity index is 600. The van der Waals surface area contributed by atoms with Gasteiger partial charge < -0.3 is 21.5 Å². The van der Waals surface area contributed by atoms with Crippen LogP contribution in [0.3, 0.4) is 0 Å². The molecule has 2 aromatic rings. The summed E-state index contributed by atoms with van der Waals surface area (Å²) < 4.78 is 0. The van der Waals surface area contributed by atoms with Crippen LogP contribution in [0.1, 0.15) is 6.92 Å². The van der Waals surface area contributed by atoms with Gasteiger partial charge in [0.1, 0.15) is 0 Å². The van der Waals surface area contributed by atoms with Gasteiger partial charge in [-0.1, -0.05) is 0 Å². The largest absolute Gasteiger partial charge is 0.399 e. The van der Waals surface area contributed by atoms with Crippen molar-refractivity contribution in [3.63, 3.8) is 0 Å². The van der Waals surface area contributed by atoms with Crippen molar-refractivity contribution in [2.45, 2.75) is 6.92 Å². The molecule has 5 N–H and O–H groups in total. The Hall–Kier alpha value is -2.80. The number of anilines is 3. The molecule has 7 nitrogen and oxygen atoms in total. The first kappa shape index (κ1) is 18.2. The van der Waals surface area contributed by atoms with E-state index in [2.05, 4.69) is 11.8 Å². The van der Waals surface area contributed by atoms with Gasteiger partial charge in [-0.2, -0.15) is 0 Å². The Labute approximate surface area is 135 Å². The third-order valence-corrected chi connectivity index (χ3v) is 3.11. The number of non-ortho nitro benzene ring substituents is 1. The minimum Gasteiger partial charge on any atom is -0.399 e. The zero-order valence-corrected chi connectivity index (χ0v) is 13.1. The summed E-state index contributed by atoms with van der Waals surface area (Å²) in [5, 5.41) is 18.9. The summed E-state index contributed by atoms with van der Waals surface area (Å²) in [6.07, 6.45) is 0. The van der Waals surface area contributed by atoms with Crippen LogP contribution < -0.4 is 16.4 Å². The molecule has 0 saturated heterocycles. The Morgan fingerprint density at radius 3 is 1.91 bits per heavy atom. The van der Waals surface area contributed by atoms with Crippen LogP contribution in [0.15, 0.2) is 48.5 Å². The lowest BCUT2D eigenvalue weighted by atomic mass is 10.2. The van der Waals surface area contributed by atoms with Gasteiger partial charge in [0.2, 0.25) is 0 Å². The van der Waals surface area contributed by atoms with Crippen LogP contribution in [0.5, 0.6) is 0 Å². The second-order valence-electron chi connectivity index (χ2n) is 4.74. The third-order valence-electron chi connectivity index (χ3n) is 3.11. The predicted octanol–water partition coefficient (Wildman–Crippen LogP) is 2.26. The molecule has 0 amide bonds. The highest BCUT2D eigenvalue weighted by atomic mass is 16.6. The topological polar surface area (TPSA) is 119 Å². The molecule has 0 aliphatic heterocycles. The minimum absolute atomic E-state index is 0.0641. The fourth-order valence-corrected chi connectivity index (χ4v) is 1.87. The molecule has 0 spiro atoms. The van der Waals surface area contributed by atoms with Gasteiger partial charge in [-0.3, -0.25) is 10.1 Å². The number of nitrogen functional groups attached to an aromatic ring is 2. The molecule has 0 aliphatic rings. The lowest BCUT2D eigenvalue weighted by Crippen LogP contribution is -2.25. The quantitative estimate of drug-likeness (QED) is 0.442.